The van der Waals surface area contributed by atoms with Gasteiger partial charge in [0.05, 0.1) is 15.4 Å². The lowest BCUT2D eigenvalue weighted by atomic mass is 10.1. The van der Waals surface area contributed by atoms with Crippen LogP contribution in [0.25, 0.3) is 11.3 Å². The summed E-state index contributed by atoms with van der Waals surface area (Å²) in [6.07, 6.45) is -4.92. The van der Waals surface area contributed by atoms with Crippen molar-refractivity contribution in [1.29, 1.82) is 0 Å². The van der Waals surface area contributed by atoms with Crippen molar-refractivity contribution in [1.82, 2.24) is 4.98 Å². The Bertz CT molecular complexity index is 1090. The van der Waals surface area contributed by atoms with E-state index in [0.717, 1.165) is 6.26 Å². The van der Waals surface area contributed by atoms with Crippen molar-refractivity contribution in [3.63, 3.8) is 0 Å². The zero-order valence-corrected chi connectivity index (χ0v) is 15.4. The average Bonchev–Trinajstić information content (AvgIpc) is 2.61. The number of anilines is 1. The molecule has 1 unspecified atom stereocenters. The SMILES string of the molecule is C[C@H]1Oc2ccc(-c3cccc(S(C)(=O)=NC(=O)C(F)(F)F)c3)nc2NC1=O. The Labute approximate surface area is 158 Å². The number of fused-ring (bicyclic) bond motifs is 1. The fraction of sp³-hybridized carbons (Fsp3) is 0.235. The summed E-state index contributed by atoms with van der Waals surface area (Å²) in [5.41, 5.74) is 0.772. The second-order valence-electron chi connectivity index (χ2n) is 6.02. The van der Waals surface area contributed by atoms with Gasteiger partial charge in [0.15, 0.2) is 17.7 Å². The molecule has 2 heterocycles. The minimum atomic E-state index is -5.20. The zero-order valence-electron chi connectivity index (χ0n) is 14.6. The minimum absolute atomic E-state index is 0.0592. The molecule has 2 aromatic rings. The van der Waals surface area contributed by atoms with Crippen molar-refractivity contribution in [2.75, 3.05) is 11.6 Å². The number of aromatic nitrogens is 1. The third kappa shape index (κ3) is 3.98. The molecule has 7 nitrogen and oxygen atoms in total. The molecule has 28 heavy (non-hydrogen) atoms. The van der Waals surface area contributed by atoms with E-state index in [9.17, 15) is 27.0 Å². The van der Waals surface area contributed by atoms with Gasteiger partial charge < -0.3 is 10.1 Å². The van der Waals surface area contributed by atoms with E-state index in [1.807, 2.05) is 0 Å². The van der Waals surface area contributed by atoms with Crippen molar-refractivity contribution < 1.29 is 31.7 Å². The Morgan fingerprint density at radius 3 is 2.68 bits per heavy atom. The molecule has 1 N–H and O–H groups in total. The van der Waals surface area contributed by atoms with Crippen LogP contribution >= 0.6 is 0 Å². The number of alkyl halides is 3. The number of halogens is 3. The fourth-order valence-electron chi connectivity index (χ4n) is 2.41. The van der Waals surface area contributed by atoms with Crippen molar-refractivity contribution >= 4 is 27.4 Å². The Hall–Kier alpha value is -2.95. The van der Waals surface area contributed by atoms with Crippen molar-refractivity contribution in [2.24, 2.45) is 4.36 Å². The van der Waals surface area contributed by atoms with Crippen LogP contribution in [0.4, 0.5) is 19.0 Å². The molecule has 1 aromatic carbocycles. The number of nitrogens with zero attached hydrogens (tertiary/aromatic N) is 2. The van der Waals surface area contributed by atoms with Gasteiger partial charge in [0.2, 0.25) is 0 Å². The van der Waals surface area contributed by atoms with Crippen LogP contribution in [-0.2, 0) is 19.3 Å². The van der Waals surface area contributed by atoms with Gasteiger partial charge in [-0.2, -0.15) is 13.2 Å². The summed E-state index contributed by atoms with van der Waals surface area (Å²) >= 11 is 0. The van der Waals surface area contributed by atoms with E-state index in [4.69, 9.17) is 4.74 Å². The van der Waals surface area contributed by atoms with Gasteiger partial charge >= 0.3 is 12.1 Å². The van der Waals surface area contributed by atoms with Crippen LogP contribution in [-0.4, -0.2) is 39.5 Å². The molecule has 1 aliphatic heterocycles. The Morgan fingerprint density at radius 1 is 1.29 bits per heavy atom. The van der Waals surface area contributed by atoms with E-state index in [2.05, 4.69) is 14.7 Å². The lowest BCUT2D eigenvalue weighted by Gasteiger charge is -2.22. The monoisotopic (exact) mass is 413 g/mol. The van der Waals surface area contributed by atoms with Gasteiger partial charge in [-0.3, -0.25) is 9.59 Å². The lowest BCUT2D eigenvalue weighted by molar-refractivity contribution is -0.169. The standard InChI is InChI=1S/C17H14F3N3O4S/c1-9-15(24)22-14-13(27-9)7-6-12(21-14)10-4-3-5-11(8-10)28(2,26)23-16(25)17(18,19)20/h3-9H,1-2H3,(H,21,22,24)/t9-,28?/m1/s1. The number of hydrogen-bond donors (Lipinski definition) is 1. The minimum Gasteiger partial charge on any atom is -0.477 e. The first-order valence-electron chi connectivity index (χ1n) is 7.90. The summed E-state index contributed by atoms with van der Waals surface area (Å²) in [6.45, 7) is 1.58. The molecule has 148 valence electrons. The molecule has 1 aromatic heterocycles. The number of nitrogens with one attached hydrogen (secondary N) is 1. The first-order chi connectivity index (χ1) is 13.0. The first kappa shape index (κ1) is 19.8. The van der Waals surface area contributed by atoms with Gasteiger partial charge in [-0.25, -0.2) is 9.19 Å². The molecule has 0 radical (unpaired) electrons. The normalized spacial score (nSPS) is 18.3. The third-order valence-corrected chi connectivity index (χ3v) is 5.48. The lowest BCUT2D eigenvalue weighted by Crippen LogP contribution is -2.34. The molecular formula is C17H14F3N3O4S. The van der Waals surface area contributed by atoms with E-state index in [1.165, 1.54) is 18.2 Å². The summed E-state index contributed by atoms with van der Waals surface area (Å²) in [4.78, 5) is 27.0. The molecule has 1 aliphatic rings. The highest BCUT2D eigenvalue weighted by atomic mass is 32.2. The highest BCUT2D eigenvalue weighted by molar-refractivity contribution is 7.93. The molecule has 0 fully saturated rings. The van der Waals surface area contributed by atoms with Crippen LogP contribution in [0.1, 0.15) is 6.92 Å². The van der Waals surface area contributed by atoms with E-state index in [0.29, 0.717) is 17.0 Å². The molecule has 0 bridgehead atoms. The summed E-state index contributed by atoms with van der Waals surface area (Å²) in [6, 6.07) is 8.86. The van der Waals surface area contributed by atoms with Crippen LogP contribution in [0, 0.1) is 0 Å². The van der Waals surface area contributed by atoms with Crippen LogP contribution in [0.15, 0.2) is 45.7 Å². The van der Waals surface area contributed by atoms with E-state index < -0.39 is 27.9 Å². The molecule has 0 saturated heterocycles. The van der Waals surface area contributed by atoms with Crippen molar-refractivity contribution in [3.8, 4) is 17.0 Å². The second kappa shape index (κ2) is 6.89. The molecule has 2 amide bonds. The number of carbonyl (C=O) groups is 2. The van der Waals surface area contributed by atoms with Gasteiger partial charge in [-0.1, -0.05) is 12.1 Å². The van der Waals surface area contributed by atoms with Crippen LogP contribution in [0.5, 0.6) is 5.75 Å². The molecular weight excluding hydrogens is 399 g/mol. The highest BCUT2D eigenvalue weighted by Crippen LogP contribution is 2.31. The van der Waals surface area contributed by atoms with Crippen molar-refractivity contribution in [3.05, 3.63) is 36.4 Å². The molecule has 0 aliphatic carbocycles. The molecule has 2 atom stereocenters. The number of benzene rings is 1. The number of ether oxygens (including phenoxy) is 1. The quantitative estimate of drug-likeness (QED) is 0.816. The molecule has 0 saturated carbocycles. The predicted molar refractivity (Wildman–Crippen MR) is 94.2 cm³/mol. The van der Waals surface area contributed by atoms with Crippen LogP contribution in [0.3, 0.4) is 0 Å². The summed E-state index contributed by atoms with van der Waals surface area (Å²) in [7, 11) is -3.62. The highest BCUT2D eigenvalue weighted by Gasteiger charge is 2.39. The van der Waals surface area contributed by atoms with Gasteiger partial charge in [0.25, 0.3) is 5.91 Å². The van der Waals surface area contributed by atoms with Gasteiger partial charge in [-0.15, -0.1) is 4.36 Å². The summed E-state index contributed by atoms with van der Waals surface area (Å²) in [5, 5.41) is 2.59. The Kier molecular flexibility index (Phi) is 4.88. The van der Waals surface area contributed by atoms with Gasteiger partial charge in [-0.05, 0) is 31.2 Å². The van der Waals surface area contributed by atoms with Gasteiger partial charge in [0.1, 0.15) is 0 Å². The third-order valence-electron chi connectivity index (χ3n) is 3.84. The van der Waals surface area contributed by atoms with E-state index >= 15 is 0 Å². The maximum atomic E-state index is 12.6. The predicted octanol–water partition coefficient (Wildman–Crippen LogP) is 3.01. The van der Waals surface area contributed by atoms with Crippen LogP contribution in [0.2, 0.25) is 0 Å². The number of pyridine rings is 1. The molecule has 11 heteroatoms. The smallest absolute Gasteiger partial charge is 0.474 e. The number of amides is 2. The summed E-state index contributed by atoms with van der Waals surface area (Å²) in [5.74, 6) is -2.21. The maximum absolute atomic E-state index is 12.6. The van der Waals surface area contributed by atoms with E-state index in [-0.39, 0.29) is 16.6 Å². The number of rotatable bonds is 2. The molecule has 3 rings (SSSR count). The van der Waals surface area contributed by atoms with E-state index in [1.54, 1.807) is 25.1 Å². The first-order valence-corrected chi connectivity index (χ1v) is 9.82. The molecule has 0 spiro atoms. The summed E-state index contributed by atoms with van der Waals surface area (Å²) < 4.78 is 58.1. The van der Waals surface area contributed by atoms with Crippen LogP contribution < -0.4 is 10.1 Å². The zero-order chi connectivity index (χ0) is 20.7. The average molecular weight is 413 g/mol. The Balaban J connectivity index is 2.00. The Morgan fingerprint density at radius 2 is 2.00 bits per heavy atom. The topological polar surface area (TPSA) is 97.7 Å². The fourth-order valence-corrected chi connectivity index (χ4v) is 3.61. The largest absolute Gasteiger partial charge is 0.477 e. The second-order valence-corrected chi connectivity index (χ2v) is 8.28. The van der Waals surface area contributed by atoms with Crippen molar-refractivity contribution in [2.45, 2.75) is 24.1 Å². The maximum Gasteiger partial charge on any atom is 0.474 e. The number of carbonyl (C=O) groups excluding carboxylic acids is 2. The van der Waals surface area contributed by atoms with Gasteiger partial charge in [0, 0.05) is 16.7 Å². The number of hydrogen-bond acceptors (Lipinski definition) is 5.